The molecule has 0 rings (SSSR count). The summed E-state index contributed by atoms with van der Waals surface area (Å²) in [5.74, 6) is -57.3. The smallest absolute Gasteiger partial charge is 0.460 e. The van der Waals surface area contributed by atoms with Gasteiger partial charge in [0.15, 0.2) is 0 Å². The van der Waals surface area contributed by atoms with Gasteiger partial charge in [-0.1, -0.05) is 38.5 Å². The molecule has 3 N–H and O–H groups in total. The average Bonchev–Trinajstić information content (AvgIpc) is 2.75. The van der Waals surface area contributed by atoms with Crippen molar-refractivity contribution in [3.8, 4) is 0 Å². The molecule has 0 aliphatic rings. The van der Waals surface area contributed by atoms with Gasteiger partial charge in [0.05, 0.1) is 0 Å². The molecule has 234 valence electrons. The number of carbonyl (C=O) groups is 1. The Morgan fingerprint density at radius 3 is 1.18 bits per heavy atom. The van der Waals surface area contributed by atoms with Crippen LogP contribution in [0.5, 0.6) is 0 Å². The van der Waals surface area contributed by atoms with Gasteiger partial charge in [0.1, 0.15) is 6.04 Å². The van der Waals surface area contributed by atoms with E-state index in [-0.39, 0.29) is 19.3 Å². The molecule has 0 saturated carbocycles. The zero-order valence-corrected chi connectivity index (χ0v) is 19.3. The summed E-state index contributed by atoms with van der Waals surface area (Å²) < 4.78 is 224. The topological polar surface area (TPSA) is 63.3 Å². The van der Waals surface area contributed by atoms with Gasteiger partial charge in [-0.15, -0.1) is 0 Å². The van der Waals surface area contributed by atoms with E-state index in [1.54, 1.807) is 0 Å². The van der Waals surface area contributed by atoms with E-state index in [1.807, 2.05) is 0 Å². The Hall–Kier alpha value is -1.76. The van der Waals surface area contributed by atoms with Gasteiger partial charge in [-0.25, -0.2) is 0 Å². The van der Waals surface area contributed by atoms with Gasteiger partial charge in [0, 0.05) is 6.42 Å². The lowest BCUT2D eigenvalue weighted by molar-refractivity contribution is -0.461. The zero-order valence-electron chi connectivity index (χ0n) is 19.3. The number of hydrogen-bond donors (Lipinski definition) is 2. The Bertz CT molecular complexity index is 810. The fourth-order valence-corrected chi connectivity index (χ4v) is 3.07. The summed E-state index contributed by atoms with van der Waals surface area (Å²) in [7, 11) is 0. The number of halogens is 17. The quantitative estimate of drug-likeness (QED) is 0.129. The third-order valence-corrected chi connectivity index (χ3v) is 5.61. The molecule has 0 aromatic rings. The van der Waals surface area contributed by atoms with Crippen LogP contribution in [0, 0.1) is 0 Å². The van der Waals surface area contributed by atoms with Crippen molar-refractivity contribution in [1.29, 1.82) is 0 Å². The van der Waals surface area contributed by atoms with Crippen molar-refractivity contribution in [2.45, 2.75) is 111 Å². The maximum Gasteiger partial charge on any atom is 0.460 e. The second-order valence-corrected chi connectivity index (χ2v) is 8.61. The molecule has 0 heterocycles. The molecule has 0 aliphatic heterocycles. The SMILES string of the molecule is NC(CCCCCCCCCC(F)(F)C(F)(F)C(F)(F)C(F)(F)C(F)(F)C(F)(F)C(F)(F)C(F)(F)F)C(=O)O. The Balaban J connectivity index is 5.45. The molecular formula is C19H22F17NO2. The fourth-order valence-electron chi connectivity index (χ4n) is 3.07. The van der Waals surface area contributed by atoms with Crippen LogP contribution >= 0.6 is 0 Å². The molecule has 0 spiro atoms. The zero-order chi connectivity index (χ0) is 31.5. The number of aliphatic carboxylic acids is 1. The fraction of sp³-hybridized carbons (Fsp3) is 0.947. The van der Waals surface area contributed by atoms with E-state index in [9.17, 15) is 79.4 Å². The lowest BCUT2D eigenvalue weighted by Gasteiger charge is -2.42. The van der Waals surface area contributed by atoms with Crippen molar-refractivity contribution >= 4 is 5.97 Å². The molecular weight excluding hydrogens is 597 g/mol. The normalized spacial score (nSPS) is 15.9. The van der Waals surface area contributed by atoms with Crippen LogP contribution in [0.15, 0.2) is 0 Å². The highest BCUT2D eigenvalue weighted by Gasteiger charge is 2.95. The Morgan fingerprint density at radius 2 is 0.821 bits per heavy atom. The van der Waals surface area contributed by atoms with Crippen LogP contribution in [0.3, 0.4) is 0 Å². The monoisotopic (exact) mass is 619 g/mol. The largest absolute Gasteiger partial charge is 0.480 e. The summed E-state index contributed by atoms with van der Waals surface area (Å²) in [5, 5.41) is 8.57. The van der Waals surface area contributed by atoms with Crippen molar-refractivity contribution in [2.24, 2.45) is 5.73 Å². The summed E-state index contributed by atoms with van der Waals surface area (Å²) in [6, 6.07) is -1.15. The van der Waals surface area contributed by atoms with E-state index in [4.69, 9.17) is 10.8 Å². The number of alkyl halides is 17. The Kier molecular flexibility index (Phi) is 11.5. The third kappa shape index (κ3) is 6.94. The van der Waals surface area contributed by atoms with E-state index in [2.05, 4.69) is 0 Å². The third-order valence-electron chi connectivity index (χ3n) is 5.61. The van der Waals surface area contributed by atoms with E-state index in [0.29, 0.717) is 19.3 Å². The van der Waals surface area contributed by atoms with Crippen molar-refractivity contribution in [3.05, 3.63) is 0 Å². The molecule has 20 heteroatoms. The van der Waals surface area contributed by atoms with Gasteiger partial charge in [-0.3, -0.25) is 4.79 Å². The van der Waals surface area contributed by atoms with Crippen LogP contribution in [0.4, 0.5) is 74.6 Å². The molecule has 1 unspecified atom stereocenters. The highest BCUT2D eigenvalue weighted by Crippen LogP contribution is 2.64. The van der Waals surface area contributed by atoms with Crippen molar-refractivity contribution in [1.82, 2.24) is 0 Å². The van der Waals surface area contributed by atoms with Crippen molar-refractivity contribution < 1.29 is 84.5 Å². The molecule has 39 heavy (non-hydrogen) atoms. The van der Waals surface area contributed by atoms with Gasteiger partial charge in [-0.2, -0.15) is 74.6 Å². The number of rotatable bonds is 17. The minimum absolute atomic E-state index is 0.0595. The van der Waals surface area contributed by atoms with Crippen LogP contribution in [-0.2, 0) is 4.79 Å². The molecule has 0 aliphatic carbocycles. The molecule has 0 bridgehead atoms. The molecule has 0 aromatic heterocycles. The molecule has 0 radical (unpaired) electrons. The van der Waals surface area contributed by atoms with Crippen LogP contribution in [0.1, 0.15) is 57.8 Å². The summed E-state index contributed by atoms with van der Waals surface area (Å²) in [4.78, 5) is 10.5. The van der Waals surface area contributed by atoms with E-state index < -0.39 is 78.9 Å². The van der Waals surface area contributed by atoms with Crippen molar-refractivity contribution in [2.75, 3.05) is 0 Å². The first-order valence-corrected chi connectivity index (χ1v) is 10.8. The highest BCUT2D eigenvalue weighted by molar-refractivity contribution is 5.72. The standard InChI is InChI=1S/C19H22F17NO2/c20-12(21,9-7-5-3-1-2-4-6-8-10(37)11(38)39)13(22,23)14(24,25)15(26,27)16(28,29)17(30,31)18(32,33)19(34,35)36/h10H,1-9,37H2,(H,38,39). The maximum atomic E-state index is 13.8. The molecule has 1 atom stereocenters. The number of carboxylic acids is 1. The average molecular weight is 619 g/mol. The van der Waals surface area contributed by atoms with E-state index >= 15 is 0 Å². The predicted octanol–water partition coefficient (Wildman–Crippen LogP) is 7.92. The minimum atomic E-state index is -8.61. The molecule has 0 saturated heterocycles. The van der Waals surface area contributed by atoms with Crippen LogP contribution in [-0.4, -0.2) is 64.8 Å². The number of unbranched alkanes of at least 4 members (excludes halogenated alkanes) is 6. The number of nitrogens with two attached hydrogens (primary N) is 1. The highest BCUT2D eigenvalue weighted by atomic mass is 19.4. The summed E-state index contributed by atoms with van der Waals surface area (Å²) in [5.41, 5.74) is 5.22. The lowest BCUT2D eigenvalue weighted by atomic mass is 9.87. The molecule has 0 amide bonds. The van der Waals surface area contributed by atoms with Crippen molar-refractivity contribution in [3.63, 3.8) is 0 Å². The summed E-state index contributed by atoms with van der Waals surface area (Å²) in [6.45, 7) is 0. The second-order valence-electron chi connectivity index (χ2n) is 8.61. The Labute approximate surface area is 208 Å². The number of carboxylic acid groups (broad SMARTS) is 1. The summed E-state index contributed by atoms with van der Waals surface area (Å²) >= 11 is 0. The van der Waals surface area contributed by atoms with Gasteiger partial charge in [-0.05, 0) is 12.8 Å². The van der Waals surface area contributed by atoms with Crippen LogP contribution in [0.2, 0.25) is 0 Å². The molecule has 0 fully saturated rings. The van der Waals surface area contributed by atoms with Gasteiger partial charge < -0.3 is 10.8 Å². The first kappa shape index (κ1) is 37.2. The first-order chi connectivity index (χ1) is 17.1. The predicted molar refractivity (Wildman–Crippen MR) is 97.8 cm³/mol. The maximum absolute atomic E-state index is 13.8. The first-order valence-electron chi connectivity index (χ1n) is 10.8. The lowest BCUT2D eigenvalue weighted by Crippen LogP contribution is -2.74. The molecule has 3 nitrogen and oxygen atoms in total. The van der Waals surface area contributed by atoms with E-state index in [1.165, 1.54) is 0 Å². The van der Waals surface area contributed by atoms with Crippen LogP contribution < -0.4 is 5.73 Å². The van der Waals surface area contributed by atoms with Gasteiger partial charge >= 0.3 is 53.6 Å². The molecule has 0 aromatic carbocycles. The van der Waals surface area contributed by atoms with Crippen LogP contribution in [0.25, 0.3) is 0 Å². The number of hydrogen-bond acceptors (Lipinski definition) is 2. The second kappa shape index (κ2) is 12.0. The van der Waals surface area contributed by atoms with E-state index in [0.717, 1.165) is 0 Å². The summed E-state index contributed by atoms with van der Waals surface area (Å²) in [6.07, 6.45) is -10.6. The Morgan fingerprint density at radius 1 is 0.513 bits per heavy atom. The van der Waals surface area contributed by atoms with Gasteiger partial charge in [0.2, 0.25) is 0 Å². The van der Waals surface area contributed by atoms with Gasteiger partial charge in [0.25, 0.3) is 0 Å². The minimum Gasteiger partial charge on any atom is -0.480 e.